The topological polar surface area (TPSA) is 65.5 Å². The molecule has 23 heavy (non-hydrogen) atoms. The van der Waals surface area contributed by atoms with Crippen LogP contribution in [0.2, 0.25) is 0 Å². The van der Waals surface area contributed by atoms with Crippen LogP contribution in [0.15, 0.2) is 35.7 Å². The number of hydrogen-bond acceptors (Lipinski definition) is 4. The Bertz CT molecular complexity index is 673. The lowest BCUT2D eigenvalue weighted by Gasteiger charge is -2.33. The van der Waals surface area contributed by atoms with Gasteiger partial charge in [-0.25, -0.2) is 9.78 Å². The van der Waals surface area contributed by atoms with Gasteiger partial charge in [0.15, 0.2) is 0 Å². The molecule has 0 spiro atoms. The number of carbonyl (C=O) groups is 1. The van der Waals surface area contributed by atoms with E-state index in [0.29, 0.717) is 13.1 Å². The molecule has 2 N–H and O–H groups in total. The first-order valence-corrected chi connectivity index (χ1v) is 8.66. The van der Waals surface area contributed by atoms with Crippen molar-refractivity contribution in [1.29, 1.82) is 0 Å². The lowest BCUT2D eigenvalue weighted by molar-refractivity contribution is 0.0972. The summed E-state index contributed by atoms with van der Waals surface area (Å²) < 4.78 is 0. The molecule has 5 nitrogen and oxygen atoms in total. The molecule has 1 fully saturated rings. The third-order valence-corrected chi connectivity index (χ3v) is 5.27. The number of aliphatic hydroxyl groups is 1. The SMILES string of the molecule is C[C@@]1(CO)CCCN1C(=O)NCc1csc(-c2ccccc2)n1. The largest absolute Gasteiger partial charge is 0.394 e. The summed E-state index contributed by atoms with van der Waals surface area (Å²) in [6.45, 7) is 3.01. The highest BCUT2D eigenvalue weighted by Crippen LogP contribution is 2.28. The van der Waals surface area contributed by atoms with Gasteiger partial charge < -0.3 is 15.3 Å². The summed E-state index contributed by atoms with van der Waals surface area (Å²) in [5.74, 6) is 0. The molecule has 0 unspecified atom stereocenters. The number of carbonyl (C=O) groups excluding carboxylic acids is 1. The monoisotopic (exact) mass is 331 g/mol. The second-order valence-corrected chi connectivity index (χ2v) is 6.94. The van der Waals surface area contributed by atoms with Gasteiger partial charge in [0.1, 0.15) is 5.01 Å². The molecular formula is C17H21N3O2S. The van der Waals surface area contributed by atoms with Crippen molar-refractivity contribution in [2.45, 2.75) is 31.8 Å². The summed E-state index contributed by atoms with van der Waals surface area (Å²) in [6, 6.07) is 9.87. The van der Waals surface area contributed by atoms with Gasteiger partial charge in [-0.3, -0.25) is 0 Å². The van der Waals surface area contributed by atoms with Crippen molar-refractivity contribution in [3.8, 4) is 10.6 Å². The van der Waals surface area contributed by atoms with E-state index in [1.807, 2.05) is 42.6 Å². The standard InChI is InChI=1S/C17H21N3O2S/c1-17(12-21)8-5-9-20(17)16(22)18-10-14-11-23-15(19-14)13-6-3-2-4-7-13/h2-4,6-7,11,21H,5,8-10,12H2,1H3,(H,18,22)/t17-/m0/s1. The van der Waals surface area contributed by atoms with Crippen molar-refractivity contribution < 1.29 is 9.90 Å². The number of likely N-dealkylation sites (tertiary alicyclic amines) is 1. The molecule has 0 radical (unpaired) electrons. The van der Waals surface area contributed by atoms with E-state index in [0.717, 1.165) is 29.1 Å². The fourth-order valence-electron chi connectivity index (χ4n) is 2.90. The number of aliphatic hydroxyl groups excluding tert-OH is 1. The smallest absolute Gasteiger partial charge is 0.318 e. The third kappa shape index (κ3) is 3.38. The molecule has 2 aromatic rings. The quantitative estimate of drug-likeness (QED) is 0.905. The first kappa shape index (κ1) is 16.0. The van der Waals surface area contributed by atoms with Gasteiger partial charge in [-0.15, -0.1) is 11.3 Å². The number of rotatable bonds is 4. The Morgan fingerprint density at radius 3 is 2.96 bits per heavy atom. The van der Waals surface area contributed by atoms with Gasteiger partial charge in [0.25, 0.3) is 0 Å². The summed E-state index contributed by atoms with van der Waals surface area (Å²) in [5.41, 5.74) is 1.50. The summed E-state index contributed by atoms with van der Waals surface area (Å²) in [6.07, 6.45) is 1.77. The van der Waals surface area contributed by atoms with Crippen molar-refractivity contribution in [3.05, 3.63) is 41.4 Å². The van der Waals surface area contributed by atoms with Crippen LogP contribution in [0.1, 0.15) is 25.5 Å². The van der Waals surface area contributed by atoms with Crippen LogP contribution < -0.4 is 5.32 Å². The van der Waals surface area contributed by atoms with Crippen LogP contribution in [0.5, 0.6) is 0 Å². The molecule has 2 heterocycles. The zero-order valence-corrected chi connectivity index (χ0v) is 14.0. The molecule has 2 amide bonds. The number of hydrogen-bond donors (Lipinski definition) is 2. The highest BCUT2D eigenvalue weighted by molar-refractivity contribution is 7.13. The molecule has 0 saturated carbocycles. The highest BCUT2D eigenvalue weighted by Gasteiger charge is 2.38. The maximum absolute atomic E-state index is 12.3. The minimum absolute atomic E-state index is 0.00469. The van der Waals surface area contributed by atoms with Crippen LogP contribution in [-0.4, -0.2) is 39.7 Å². The van der Waals surface area contributed by atoms with E-state index in [2.05, 4.69) is 10.3 Å². The van der Waals surface area contributed by atoms with Gasteiger partial charge in [0.05, 0.1) is 24.4 Å². The molecule has 0 bridgehead atoms. The molecule has 6 heteroatoms. The lowest BCUT2D eigenvalue weighted by Crippen LogP contribution is -2.51. The summed E-state index contributed by atoms with van der Waals surface area (Å²) in [4.78, 5) is 18.7. The number of amides is 2. The number of aromatic nitrogens is 1. The van der Waals surface area contributed by atoms with Gasteiger partial charge in [-0.1, -0.05) is 30.3 Å². The molecule has 1 aliphatic rings. The van der Waals surface area contributed by atoms with Crippen LogP contribution in [0.3, 0.4) is 0 Å². The molecule has 1 saturated heterocycles. The fourth-order valence-corrected chi connectivity index (χ4v) is 3.72. The number of urea groups is 1. The van der Waals surface area contributed by atoms with Gasteiger partial charge in [-0.05, 0) is 19.8 Å². The molecule has 1 aliphatic heterocycles. The minimum atomic E-state index is -0.443. The minimum Gasteiger partial charge on any atom is -0.394 e. The number of nitrogens with one attached hydrogen (secondary N) is 1. The second-order valence-electron chi connectivity index (χ2n) is 6.08. The van der Waals surface area contributed by atoms with Crippen LogP contribution in [0.4, 0.5) is 4.79 Å². The van der Waals surface area contributed by atoms with E-state index in [9.17, 15) is 9.90 Å². The zero-order chi connectivity index (χ0) is 16.3. The Kier molecular flexibility index (Phi) is 4.63. The van der Waals surface area contributed by atoms with E-state index in [1.54, 1.807) is 16.2 Å². The summed E-state index contributed by atoms with van der Waals surface area (Å²) in [5, 5.41) is 15.4. The number of thiazole rings is 1. The van der Waals surface area contributed by atoms with Crippen molar-refractivity contribution >= 4 is 17.4 Å². The molecule has 3 rings (SSSR count). The highest BCUT2D eigenvalue weighted by atomic mass is 32.1. The van der Waals surface area contributed by atoms with Crippen molar-refractivity contribution in [2.24, 2.45) is 0 Å². The van der Waals surface area contributed by atoms with Crippen molar-refractivity contribution in [2.75, 3.05) is 13.2 Å². The predicted octanol–water partition coefficient (Wildman–Crippen LogP) is 2.87. The van der Waals surface area contributed by atoms with Crippen molar-refractivity contribution in [3.63, 3.8) is 0 Å². The van der Waals surface area contributed by atoms with Crippen LogP contribution in [-0.2, 0) is 6.54 Å². The summed E-state index contributed by atoms with van der Waals surface area (Å²) >= 11 is 1.57. The molecule has 1 aromatic carbocycles. The van der Waals surface area contributed by atoms with Crippen molar-refractivity contribution in [1.82, 2.24) is 15.2 Å². The van der Waals surface area contributed by atoms with Gasteiger partial charge in [0, 0.05) is 17.5 Å². The van der Waals surface area contributed by atoms with Crippen LogP contribution >= 0.6 is 11.3 Å². The first-order valence-electron chi connectivity index (χ1n) is 7.78. The van der Waals surface area contributed by atoms with Gasteiger partial charge in [-0.2, -0.15) is 0 Å². The van der Waals surface area contributed by atoms with Gasteiger partial charge in [0.2, 0.25) is 0 Å². The fraction of sp³-hybridized carbons (Fsp3) is 0.412. The Morgan fingerprint density at radius 1 is 1.43 bits per heavy atom. The average molecular weight is 331 g/mol. The Balaban J connectivity index is 1.61. The Hall–Kier alpha value is -1.92. The van der Waals surface area contributed by atoms with E-state index >= 15 is 0 Å². The Labute approximate surface area is 140 Å². The predicted molar refractivity (Wildman–Crippen MR) is 91.2 cm³/mol. The van der Waals surface area contributed by atoms with E-state index < -0.39 is 5.54 Å². The van der Waals surface area contributed by atoms with E-state index in [-0.39, 0.29) is 12.6 Å². The average Bonchev–Trinajstić information content (AvgIpc) is 3.21. The van der Waals surface area contributed by atoms with Gasteiger partial charge >= 0.3 is 6.03 Å². The zero-order valence-electron chi connectivity index (χ0n) is 13.2. The summed E-state index contributed by atoms with van der Waals surface area (Å²) in [7, 11) is 0. The molecule has 1 aromatic heterocycles. The van der Waals surface area contributed by atoms with Crippen LogP contribution in [0, 0.1) is 0 Å². The van der Waals surface area contributed by atoms with E-state index in [1.165, 1.54) is 0 Å². The number of nitrogens with zero attached hydrogens (tertiary/aromatic N) is 2. The molecule has 122 valence electrons. The first-order chi connectivity index (χ1) is 11.1. The number of benzene rings is 1. The lowest BCUT2D eigenvalue weighted by atomic mass is 10.0. The molecular weight excluding hydrogens is 310 g/mol. The third-order valence-electron chi connectivity index (χ3n) is 4.33. The van der Waals surface area contributed by atoms with E-state index in [4.69, 9.17) is 0 Å². The Morgan fingerprint density at radius 2 is 2.22 bits per heavy atom. The van der Waals surface area contributed by atoms with Crippen LogP contribution in [0.25, 0.3) is 10.6 Å². The molecule has 0 aliphatic carbocycles. The second kappa shape index (κ2) is 6.68. The molecule has 1 atom stereocenters. The normalized spacial score (nSPS) is 20.7. The maximum Gasteiger partial charge on any atom is 0.318 e. The maximum atomic E-state index is 12.3.